The van der Waals surface area contributed by atoms with Crippen LogP contribution in [-0.4, -0.2) is 20.0 Å². The molecule has 0 spiro atoms. The fourth-order valence-electron chi connectivity index (χ4n) is 1.93. The largest absolute Gasteiger partial charge is 0.271 e. The predicted octanol–water partition coefficient (Wildman–Crippen LogP) is 2.41. The van der Waals surface area contributed by atoms with Crippen molar-refractivity contribution in [1.29, 1.82) is 0 Å². The zero-order valence-corrected chi connectivity index (χ0v) is 11.2. The van der Waals surface area contributed by atoms with Crippen LogP contribution in [0.4, 0.5) is 0 Å². The van der Waals surface area contributed by atoms with Gasteiger partial charge in [0.2, 0.25) is 0 Å². The Bertz CT molecular complexity index is 665. The zero-order chi connectivity index (χ0) is 13.2. The molecular formula is C13H15NO3S. The summed E-state index contributed by atoms with van der Waals surface area (Å²) in [6.07, 6.45) is 0. The van der Waals surface area contributed by atoms with Gasteiger partial charge in [-0.2, -0.15) is 8.42 Å². The van der Waals surface area contributed by atoms with Crippen molar-refractivity contribution in [2.75, 3.05) is 6.61 Å². The van der Waals surface area contributed by atoms with E-state index in [1.165, 1.54) is 0 Å². The molecule has 0 aliphatic carbocycles. The van der Waals surface area contributed by atoms with Crippen molar-refractivity contribution in [3.8, 4) is 0 Å². The Morgan fingerprint density at radius 3 is 2.72 bits per heavy atom. The Morgan fingerprint density at radius 2 is 2.00 bits per heavy atom. The van der Waals surface area contributed by atoms with E-state index < -0.39 is 10.1 Å². The first-order chi connectivity index (χ1) is 8.52. The number of hydrogen-bond donors (Lipinski definition) is 0. The normalized spacial score (nSPS) is 11.9. The van der Waals surface area contributed by atoms with Crippen molar-refractivity contribution in [2.24, 2.45) is 0 Å². The van der Waals surface area contributed by atoms with Crippen LogP contribution in [-0.2, 0) is 20.1 Å². The molecule has 1 aromatic carbocycles. The van der Waals surface area contributed by atoms with Crippen molar-refractivity contribution in [3.05, 3.63) is 41.6 Å². The maximum Gasteiger partial charge on any atom is 0.271 e. The summed E-state index contributed by atoms with van der Waals surface area (Å²) in [6.45, 7) is 3.67. The SMILES string of the molecule is CCOS(=O)(=O)Cc1cc(C)nc2ccccc12. The van der Waals surface area contributed by atoms with E-state index in [0.717, 1.165) is 22.2 Å². The molecule has 0 unspecified atom stereocenters. The number of para-hydroxylation sites is 1. The molecule has 0 amide bonds. The first kappa shape index (κ1) is 13.0. The van der Waals surface area contributed by atoms with Crippen LogP contribution in [0.2, 0.25) is 0 Å². The van der Waals surface area contributed by atoms with E-state index in [9.17, 15) is 8.42 Å². The first-order valence-electron chi connectivity index (χ1n) is 5.74. The quantitative estimate of drug-likeness (QED) is 0.797. The lowest BCUT2D eigenvalue weighted by molar-refractivity contribution is 0.337. The maximum atomic E-state index is 11.7. The maximum absolute atomic E-state index is 11.7. The van der Waals surface area contributed by atoms with E-state index in [-0.39, 0.29) is 12.4 Å². The van der Waals surface area contributed by atoms with E-state index in [0.29, 0.717) is 0 Å². The molecule has 96 valence electrons. The van der Waals surface area contributed by atoms with Gasteiger partial charge in [0.1, 0.15) is 5.75 Å². The van der Waals surface area contributed by atoms with Crippen LogP contribution in [0.3, 0.4) is 0 Å². The standard InChI is InChI=1S/C13H15NO3S/c1-3-17-18(15,16)9-11-8-10(2)14-13-7-5-4-6-12(11)13/h4-8H,3,9H2,1-2H3. The Hall–Kier alpha value is -1.46. The highest BCUT2D eigenvalue weighted by molar-refractivity contribution is 7.85. The molecule has 0 bridgehead atoms. The molecule has 1 aromatic heterocycles. The third-order valence-corrected chi connectivity index (χ3v) is 3.82. The second kappa shape index (κ2) is 5.04. The summed E-state index contributed by atoms with van der Waals surface area (Å²) < 4.78 is 28.2. The summed E-state index contributed by atoms with van der Waals surface area (Å²) in [5.41, 5.74) is 2.33. The average molecular weight is 265 g/mol. The van der Waals surface area contributed by atoms with Crippen molar-refractivity contribution in [3.63, 3.8) is 0 Å². The van der Waals surface area contributed by atoms with Crippen molar-refractivity contribution >= 4 is 21.0 Å². The third kappa shape index (κ3) is 2.86. The summed E-state index contributed by atoms with van der Waals surface area (Å²) in [7, 11) is -3.52. The molecule has 0 saturated heterocycles. The van der Waals surface area contributed by atoms with Gasteiger partial charge in [0.25, 0.3) is 10.1 Å². The fourth-order valence-corrected chi connectivity index (χ4v) is 2.99. The van der Waals surface area contributed by atoms with Crippen LogP contribution >= 0.6 is 0 Å². The third-order valence-electron chi connectivity index (χ3n) is 2.56. The summed E-state index contributed by atoms with van der Waals surface area (Å²) in [4.78, 5) is 4.38. The number of hydrogen-bond acceptors (Lipinski definition) is 4. The van der Waals surface area contributed by atoms with Gasteiger partial charge >= 0.3 is 0 Å². The number of aryl methyl sites for hydroxylation is 1. The molecule has 2 aromatic rings. The smallest absolute Gasteiger partial charge is 0.270 e. The number of fused-ring (bicyclic) bond motifs is 1. The van der Waals surface area contributed by atoms with Gasteiger partial charge in [0.05, 0.1) is 12.1 Å². The Morgan fingerprint density at radius 1 is 1.28 bits per heavy atom. The Kier molecular flexibility index (Phi) is 3.63. The molecule has 2 rings (SSSR count). The highest BCUT2D eigenvalue weighted by Gasteiger charge is 2.14. The van der Waals surface area contributed by atoms with E-state index >= 15 is 0 Å². The van der Waals surface area contributed by atoms with Crippen molar-refractivity contribution in [2.45, 2.75) is 19.6 Å². The second-order valence-electron chi connectivity index (χ2n) is 4.05. The van der Waals surface area contributed by atoms with Gasteiger partial charge in [-0.3, -0.25) is 9.17 Å². The van der Waals surface area contributed by atoms with Crippen LogP contribution in [0.1, 0.15) is 18.2 Å². The van der Waals surface area contributed by atoms with Gasteiger partial charge in [-0.25, -0.2) is 0 Å². The zero-order valence-electron chi connectivity index (χ0n) is 10.4. The first-order valence-corrected chi connectivity index (χ1v) is 7.32. The molecule has 5 heteroatoms. The highest BCUT2D eigenvalue weighted by Crippen LogP contribution is 2.20. The summed E-state index contributed by atoms with van der Waals surface area (Å²) in [5.74, 6) is -0.120. The van der Waals surface area contributed by atoms with Crippen LogP contribution in [0.15, 0.2) is 30.3 Å². The molecule has 18 heavy (non-hydrogen) atoms. The topological polar surface area (TPSA) is 56.3 Å². The van der Waals surface area contributed by atoms with Crippen molar-refractivity contribution in [1.82, 2.24) is 4.98 Å². The monoisotopic (exact) mass is 265 g/mol. The fraction of sp³-hybridized carbons (Fsp3) is 0.308. The van der Waals surface area contributed by atoms with Gasteiger partial charge in [-0.1, -0.05) is 18.2 Å². The Balaban J connectivity index is 2.51. The lowest BCUT2D eigenvalue weighted by Gasteiger charge is -2.08. The van der Waals surface area contributed by atoms with Gasteiger partial charge in [-0.05, 0) is 31.5 Å². The second-order valence-corrected chi connectivity index (χ2v) is 5.69. The number of benzene rings is 1. The molecule has 4 nitrogen and oxygen atoms in total. The van der Waals surface area contributed by atoms with E-state index in [1.807, 2.05) is 31.2 Å². The van der Waals surface area contributed by atoms with Crippen LogP contribution in [0.5, 0.6) is 0 Å². The molecular weight excluding hydrogens is 250 g/mol. The lowest BCUT2D eigenvalue weighted by Crippen LogP contribution is -2.09. The van der Waals surface area contributed by atoms with Gasteiger partial charge < -0.3 is 0 Å². The van der Waals surface area contributed by atoms with E-state index in [1.54, 1.807) is 13.0 Å². The van der Waals surface area contributed by atoms with Gasteiger partial charge in [0.15, 0.2) is 0 Å². The minimum atomic E-state index is -3.52. The number of pyridine rings is 1. The summed E-state index contributed by atoms with van der Waals surface area (Å²) in [5, 5.41) is 0.853. The highest BCUT2D eigenvalue weighted by atomic mass is 32.2. The average Bonchev–Trinajstić information content (AvgIpc) is 2.28. The van der Waals surface area contributed by atoms with Gasteiger partial charge in [-0.15, -0.1) is 0 Å². The minimum Gasteiger partial charge on any atom is -0.270 e. The molecule has 0 saturated carbocycles. The van der Waals surface area contributed by atoms with Crippen LogP contribution in [0.25, 0.3) is 10.9 Å². The van der Waals surface area contributed by atoms with Crippen molar-refractivity contribution < 1.29 is 12.6 Å². The molecule has 0 N–H and O–H groups in total. The predicted molar refractivity (Wildman–Crippen MR) is 70.7 cm³/mol. The number of rotatable bonds is 4. The molecule has 1 heterocycles. The molecule has 0 atom stereocenters. The number of aromatic nitrogens is 1. The van der Waals surface area contributed by atoms with Crippen LogP contribution in [0, 0.1) is 6.92 Å². The molecule has 0 aliphatic rings. The van der Waals surface area contributed by atoms with E-state index in [2.05, 4.69) is 4.98 Å². The summed E-state index contributed by atoms with van der Waals surface area (Å²) >= 11 is 0. The Labute approximate surface area is 107 Å². The molecule has 0 fully saturated rings. The van der Waals surface area contributed by atoms with E-state index in [4.69, 9.17) is 4.18 Å². The molecule has 0 aliphatic heterocycles. The molecule has 0 radical (unpaired) electrons. The number of nitrogens with zero attached hydrogens (tertiary/aromatic N) is 1. The summed E-state index contributed by atoms with van der Waals surface area (Å²) in [6, 6.07) is 9.29. The minimum absolute atomic E-state index is 0.120. The van der Waals surface area contributed by atoms with Crippen LogP contribution < -0.4 is 0 Å². The van der Waals surface area contributed by atoms with Gasteiger partial charge in [0, 0.05) is 11.1 Å². The lowest BCUT2D eigenvalue weighted by atomic mass is 10.1.